The van der Waals surface area contributed by atoms with Crippen LogP contribution < -0.4 is 10.6 Å². The lowest BCUT2D eigenvalue weighted by molar-refractivity contribution is 0.0587. The van der Waals surface area contributed by atoms with Crippen LogP contribution >= 0.6 is 11.6 Å². The first-order valence-electron chi connectivity index (χ1n) is 8.04. The molecule has 0 radical (unpaired) electrons. The van der Waals surface area contributed by atoms with Crippen LogP contribution in [0.4, 0.5) is 10.5 Å². The highest BCUT2D eigenvalue weighted by atomic mass is 35.5. The minimum atomic E-state index is -0.638. The second-order valence-corrected chi connectivity index (χ2v) is 5.94. The van der Waals surface area contributed by atoms with Gasteiger partial charge in [-0.15, -0.1) is 0 Å². The summed E-state index contributed by atoms with van der Waals surface area (Å²) < 4.78 is 9.35. The van der Waals surface area contributed by atoms with Crippen LogP contribution in [0.25, 0.3) is 0 Å². The molecule has 0 saturated carbocycles. The molecule has 0 spiro atoms. The quantitative estimate of drug-likeness (QED) is 0.738. The Labute approximate surface area is 161 Å². The Hall–Kier alpha value is -3.06. The lowest BCUT2D eigenvalue weighted by Gasteiger charge is -2.12. The van der Waals surface area contributed by atoms with Crippen LogP contribution in [-0.2, 0) is 15.9 Å². The molecule has 0 aliphatic heterocycles. The molecule has 0 aromatic heterocycles. The van der Waals surface area contributed by atoms with Gasteiger partial charge in [0.25, 0.3) is 0 Å². The van der Waals surface area contributed by atoms with E-state index in [1.807, 2.05) is 18.2 Å². The molecule has 0 fully saturated rings. The lowest BCUT2D eigenvalue weighted by atomic mass is 10.1. The van der Waals surface area contributed by atoms with Crippen molar-refractivity contribution in [2.24, 2.45) is 0 Å². The molecule has 0 atom stereocenters. The molecular formula is C19H19ClN2O5. The fraction of sp³-hybridized carbons (Fsp3) is 0.211. The molecule has 27 heavy (non-hydrogen) atoms. The first-order chi connectivity index (χ1) is 12.9. The number of methoxy groups -OCH3 is 2. The van der Waals surface area contributed by atoms with Crippen molar-refractivity contribution in [2.75, 3.05) is 26.1 Å². The zero-order valence-corrected chi connectivity index (χ0v) is 15.6. The van der Waals surface area contributed by atoms with Crippen LogP contribution in [0.2, 0.25) is 5.02 Å². The number of ether oxygens (including phenoxy) is 2. The predicted octanol–water partition coefficient (Wildman–Crippen LogP) is 3.28. The summed E-state index contributed by atoms with van der Waals surface area (Å²) in [6.07, 6.45) is 0.583. The average molecular weight is 391 g/mol. The van der Waals surface area contributed by atoms with Gasteiger partial charge in [-0.2, -0.15) is 0 Å². The number of carbonyl (C=O) groups is 3. The number of benzene rings is 2. The van der Waals surface area contributed by atoms with Crippen molar-refractivity contribution in [3.05, 3.63) is 64.2 Å². The summed E-state index contributed by atoms with van der Waals surface area (Å²) in [5.41, 5.74) is 1.44. The third-order valence-electron chi connectivity index (χ3n) is 3.68. The summed E-state index contributed by atoms with van der Waals surface area (Å²) in [6.45, 7) is 0.358. The highest BCUT2D eigenvalue weighted by Gasteiger charge is 2.17. The van der Waals surface area contributed by atoms with E-state index in [0.717, 1.165) is 5.56 Å². The van der Waals surface area contributed by atoms with Gasteiger partial charge in [0.2, 0.25) is 0 Å². The number of hydrogen-bond acceptors (Lipinski definition) is 5. The molecule has 2 aromatic carbocycles. The number of urea groups is 1. The van der Waals surface area contributed by atoms with E-state index in [4.69, 9.17) is 16.3 Å². The monoisotopic (exact) mass is 390 g/mol. The first-order valence-corrected chi connectivity index (χ1v) is 8.42. The van der Waals surface area contributed by atoms with Gasteiger partial charge in [0.1, 0.15) is 0 Å². The Morgan fingerprint density at radius 2 is 1.74 bits per heavy atom. The number of carbonyl (C=O) groups excluding carboxylic acids is 3. The Kier molecular flexibility index (Phi) is 7.19. The van der Waals surface area contributed by atoms with Crippen LogP contribution in [0.1, 0.15) is 26.3 Å². The van der Waals surface area contributed by atoms with Gasteiger partial charge in [0.05, 0.1) is 31.0 Å². The third-order valence-corrected chi connectivity index (χ3v) is 3.92. The Bertz CT molecular complexity index is 854. The summed E-state index contributed by atoms with van der Waals surface area (Å²) >= 11 is 5.93. The van der Waals surface area contributed by atoms with Gasteiger partial charge in [-0.05, 0) is 42.3 Å². The molecule has 142 valence electrons. The van der Waals surface area contributed by atoms with Gasteiger partial charge in [-0.3, -0.25) is 0 Å². The van der Waals surface area contributed by atoms with E-state index < -0.39 is 18.0 Å². The zero-order valence-electron chi connectivity index (χ0n) is 14.9. The Morgan fingerprint density at radius 1 is 1.00 bits per heavy atom. The summed E-state index contributed by atoms with van der Waals surface area (Å²) in [7, 11) is 2.47. The van der Waals surface area contributed by atoms with Gasteiger partial charge >= 0.3 is 18.0 Å². The standard InChI is InChI=1S/C19H19ClN2O5/c1-26-17(23)13-6-7-15(18(24)27-2)16(11-13)22-19(25)21-9-8-12-4-3-5-14(20)10-12/h3-7,10-11H,8-9H2,1-2H3,(H2,21,22,25). The van der Waals surface area contributed by atoms with E-state index in [0.29, 0.717) is 18.0 Å². The van der Waals surface area contributed by atoms with E-state index in [2.05, 4.69) is 15.4 Å². The van der Waals surface area contributed by atoms with Crippen LogP contribution in [0, 0.1) is 0 Å². The molecule has 2 rings (SSSR count). The largest absolute Gasteiger partial charge is 0.465 e. The molecule has 0 aliphatic carbocycles. The van der Waals surface area contributed by atoms with E-state index in [9.17, 15) is 14.4 Å². The smallest absolute Gasteiger partial charge is 0.339 e. The number of hydrogen-bond donors (Lipinski definition) is 2. The second-order valence-electron chi connectivity index (χ2n) is 5.50. The molecule has 2 amide bonds. The zero-order chi connectivity index (χ0) is 19.8. The van der Waals surface area contributed by atoms with Crippen LogP contribution in [0.15, 0.2) is 42.5 Å². The SMILES string of the molecule is COC(=O)c1ccc(C(=O)OC)c(NC(=O)NCCc2cccc(Cl)c2)c1. The molecule has 2 aromatic rings. The minimum Gasteiger partial charge on any atom is -0.465 e. The maximum absolute atomic E-state index is 12.2. The fourth-order valence-corrected chi connectivity index (χ4v) is 2.57. The van der Waals surface area contributed by atoms with E-state index in [1.165, 1.54) is 32.4 Å². The molecule has 2 N–H and O–H groups in total. The summed E-state index contributed by atoms with van der Waals surface area (Å²) in [4.78, 5) is 35.7. The fourth-order valence-electron chi connectivity index (χ4n) is 2.36. The minimum absolute atomic E-state index is 0.121. The van der Waals surface area contributed by atoms with Crippen molar-refractivity contribution in [1.82, 2.24) is 5.32 Å². The van der Waals surface area contributed by atoms with Gasteiger partial charge in [0.15, 0.2) is 0 Å². The van der Waals surface area contributed by atoms with Gasteiger partial charge in [-0.25, -0.2) is 14.4 Å². The molecule has 0 saturated heterocycles. The molecule has 0 aliphatic rings. The van der Waals surface area contributed by atoms with Crippen molar-refractivity contribution in [2.45, 2.75) is 6.42 Å². The van der Waals surface area contributed by atoms with Gasteiger partial charge in [0, 0.05) is 11.6 Å². The van der Waals surface area contributed by atoms with Crippen molar-refractivity contribution in [1.29, 1.82) is 0 Å². The number of rotatable bonds is 6. The van der Waals surface area contributed by atoms with Crippen LogP contribution in [0.5, 0.6) is 0 Å². The lowest BCUT2D eigenvalue weighted by Crippen LogP contribution is -2.31. The predicted molar refractivity (Wildman–Crippen MR) is 101 cm³/mol. The highest BCUT2D eigenvalue weighted by molar-refractivity contribution is 6.30. The van der Waals surface area contributed by atoms with Crippen LogP contribution in [0.3, 0.4) is 0 Å². The van der Waals surface area contributed by atoms with Crippen molar-refractivity contribution >= 4 is 35.3 Å². The maximum atomic E-state index is 12.2. The average Bonchev–Trinajstić information content (AvgIpc) is 2.66. The number of anilines is 1. The van der Waals surface area contributed by atoms with E-state index >= 15 is 0 Å². The molecule has 0 heterocycles. The molecule has 7 nitrogen and oxygen atoms in total. The highest BCUT2D eigenvalue weighted by Crippen LogP contribution is 2.19. The van der Waals surface area contributed by atoms with E-state index in [-0.39, 0.29) is 16.8 Å². The van der Waals surface area contributed by atoms with Crippen molar-refractivity contribution < 1.29 is 23.9 Å². The number of esters is 2. The third kappa shape index (κ3) is 5.72. The molecule has 0 bridgehead atoms. The maximum Gasteiger partial charge on any atom is 0.339 e. The normalized spacial score (nSPS) is 10.0. The summed E-state index contributed by atoms with van der Waals surface area (Å²) in [5.74, 6) is -1.23. The van der Waals surface area contributed by atoms with Crippen molar-refractivity contribution in [3.63, 3.8) is 0 Å². The molecule has 8 heteroatoms. The number of nitrogens with one attached hydrogen (secondary N) is 2. The van der Waals surface area contributed by atoms with Gasteiger partial charge in [-0.1, -0.05) is 23.7 Å². The Morgan fingerprint density at radius 3 is 2.41 bits per heavy atom. The summed E-state index contributed by atoms with van der Waals surface area (Å²) in [5, 5.41) is 5.87. The molecular weight excluding hydrogens is 372 g/mol. The Balaban J connectivity index is 2.05. The molecule has 0 unspecified atom stereocenters. The summed E-state index contributed by atoms with van der Waals surface area (Å²) in [6, 6.07) is 11.0. The van der Waals surface area contributed by atoms with E-state index in [1.54, 1.807) is 6.07 Å². The topological polar surface area (TPSA) is 93.7 Å². The second kappa shape index (κ2) is 9.59. The van der Waals surface area contributed by atoms with Crippen LogP contribution in [-0.4, -0.2) is 38.7 Å². The van der Waals surface area contributed by atoms with Crippen molar-refractivity contribution in [3.8, 4) is 0 Å². The first kappa shape index (κ1) is 20.3. The number of halogens is 1. The van der Waals surface area contributed by atoms with Gasteiger partial charge < -0.3 is 20.1 Å². The number of amides is 2.